The molecule has 0 aliphatic carbocycles. The van der Waals surface area contributed by atoms with Gasteiger partial charge in [-0.05, 0) is 46.9 Å². The molecule has 0 heterocycles. The van der Waals surface area contributed by atoms with Crippen LogP contribution < -0.4 is 10.2 Å². The molecule has 0 saturated carbocycles. The number of carbonyl (C=O) groups is 1. The number of nitrogens with one attached hydrogen (secondary N) is 1. The summed E-state index contributed by atoms with van der Waals surface area (Å²) in [5, 5.41) is 14.5. The third-order valence-electron chi connectivity index (χ3n) is 2.70. The summed E-state index contributed by atoms with van der Waals surface area (Å²) < 4.78 is 6.73. The van der Waals surface area contributed by atoms with E-state index in [0.29, 0.717) is 24.9 Å². The first-order valence-corrected chi connectivity index (χ1v) is 9.07. The molecule has 2 rings (SSSR count). The number of amides is 1. The Kier molecular flexibility index (Phi) is 7.15. The Morgan fingerprint density at radius 2 is 2.12 bits per heavy atom. The number of nitrogens with zero attached hydrogens (tertiary/aromatic N) is 1. The van der Waals surface area contributed by atoms with Crippen molar-refractivity contribution in [1.82, 2.24) is 5.43 Å². The Balaban J connectivity index is 1.93. The van der Waals surface area contributed by atoms with E-state index in [4.69, 9.17) is 27.9 Å². The van der Waals surface area contributed by atoms with Gasteiger partial charge in [-0.15, -0.1) is 0 Å². The second-order valence-electron chi connectivity index (χ2n) is 4.48. The molecule has 0 atom stereocenters. The van der Waals surface area contributed by atoms with Crippen LogP contribution in [0, 0.1) is 3.57 Å². The van der Waals surface area contributed by atoms with Crippen molar-refractivity contribution in [2.75, 3.05) is 6.61 Å². The highest BCUT2D eigenvalue weighted by molar-refractivity contribution is 14.1. The van der Waals surface area contributed by atoms with Crippen molar-refractivity contribution in [1.29, 1.82) is 0 Å². The first-order chi connectivity index (χ1) is 11.4. The van der Waals surface area contributed by atoms with Gasteiger partial charge in [-0.1, -0.05) is 39.1 Å². The number of carbonyl (C=O) groups excluding carboxylic acids is 1. The van der Waals surface area contributed by atoms with Crippen LogP contribution in [0.5, 0.6) is 11.5 Å². The minimum Gasteiger partial charge on any atom is -0.506 e. The zero-order chi connectivity index (χ0) is 17.7. The van der Waals surface area contributed by atoms with Crippen molar-refractivity contribution < 1.29 is 14.6 Å². The van der Waals surface area contributed by atoms with E-state index in [0.717, 1.165) is 4.47 Å². The summed E-state index contributed by atoms with van der Waals surface area (Å²) in [6.07, 6.45) is 1.34. The topological polar surface area (TPSA) is 70.9 Å². The quantitative estimate of drug-likeness (QED) is 0.329. The number of rotatable bonds is 5. The molecule has 9 heteroatoms. The fourth-order valence-corrected chi connectivity index (χ4v) is 3.51. The summed E-state index contributed by atoms with van der Waals surface area (Å²) in [6.45, 7) is -0.278. The lowest BCUT2D eigenvalue weighted by Gasteiger charge is -2.07. The molecular weight excluding hydrogens is 534 g/mol. The lowest BCUT2D eigenvalue weighted by atomic mass is 10.2. The summed E-state index contributed by atoms with van der Waals surface area (Å²) in [4.78, 5) is 11.7. The predicted molar refractivity (Wildman–Crippen MR) is 106 cm³/mol. The molecule has 24 heavy (non-hydrogen) atoms. The van der Waals surface area contributed by atoms with Gasteiger partial charge in [-0.25, -0.2) is 5.43 Å². The number of hydrazone groups is 1. The number of benzene rings is 2. The second-order valence-corrected chi connectivity index (χ2v) is 7.40. The molecule has 0 saturated heterocycles. The average molecular weight is 544 g/mol. The minimum absolute atomic E-state index is 0.0822. The third kappa shape index (κ3) is 5.51. The van der Waals surface area contributed by atoms with Crippen LogP contribution in [-0.2, 0) is 4.79 Å². The van der Waals surface area contributed by atoms with E-state index in [2.05, 4.69) is 26.5 Å². The number of phenols is 1. The summed E-state index contributed by atoms with van der Waals surface area (Å²) >= 11 is 17.1. The Hall–Kier alpha value is -1.03. The van der Waals surface area contributed by atoms with E-state index in [1.165, 1.54) is 12.3 Å². The molecule has 0 spiro atoms. The van der Waals surface area contributed by atoms with E-state index in [1.54, 1.807) is 24.3 Å². The van der Waals surface area contributed by atoms with Gasteiger partial charge in [0.2, 0.25) is 0 Å². The van der Waals surface area contributed by atoms with Crippen LogP contribution in [0.2, 0.25) is 10.0 Å². The first-order valence-electron chi connectivity index (χ1n) is 6.44. The Morgan fingerprint density at radius 3 is 2.88 bits per heavy atom. The smallest absolute Gasteiger partial charge is 0.277 e. The lowest BCUT2D eigenvalue weighted by Crippen LogP contribution is -2.24. The maximum absolute atomic E-state index is 11.7. The van der Waals surface area contributed by atoms with Crippen LogP contribution in [0.4, 0.5) is 0 Å². The maximum Gasteiger partial charge on any atom is 0.277 e. The Morgan fingerprint density at radius 1 is 1.38 bits per heavy atom. The molecule has 0 aromatic heterocycles. The van der Waals surface area contributed by atoms with Gasteiger partial charge in [0.25, 0.3) is 5.91 Å². The number of hydrogen-bond donors (Lipinski definition) is 2. The van der Waals surface area contributed by atoms with Gasteiger partial charge in [0, 0.05) is 21.1 Å². The molecule has 0 aliphatic rings. The van der Waals surface area contributed by atoms with Crippen LogP contribution in [-0.4, -0.2) is 23.8 Å². The lowest BCUT2D eigenvalue weighted by molar-refractivity contribution is -0.123. The highest BCUT2D eigenvalue weighted by Gasteiger charge is 2.07. The van der Waals surface area contributed by atoms with Crippen molar-refractivity contribution in [2.24, 2.45) is 5.10 Å². The van der Waals surface area contributed by atoms with E-state index in [9.17, 15) is 9.90 Å². The van der Waals surface area contributed by atoms with Gasteiger partial charge in [0.15, 0.2) is 6.61 Å². The van der Waals surface area contributed by atoms with Gasteiger partial charge >= 0.3 is 0 Å². The summed E-state index contributed by atoms with van der Waals surface area (Å²) in [7, 11) is 0. The van der Waals surface area contributed by atoms with Crippen molar-refractivity contribution in [3.8, 4) is 11.5 Å². The fourth-order valence-electron chi connectivity index (χ4n) is 1.62. The van der Waals surface area contributed by atoms with Crippen LogP contribution in [0.25, 0.3) is 0 Å². The van der Waals surface area contributed by atoms with Crippen LogP contribution in [0.15, 0.2) is 39.9 Å². The van der Waals surface area contributed by atoms with Crippen molar-refractivity contribution in [3.63, 3.8) is 0 Å². The van der Waals surface area contributed by atoms with Gasteiger partial charge in [-0.3, -0.25) is 4.79 Å². The molecule has 126 valence electrons. The number of halogens is 4. The average Bonchev–Trinajstić information content (AvgIpc) is 2.52. The van der Waals surface area contributed by atoms with Crippen LogP contribution >= 0.6 is 61.7 Å². The number of phenolic OH excluding ortho intramolecular Hbond substituents is 1. The van der Waals surface area contributed by atoms with Crippen LogP contribution in [0.1, 0.15) is 5.56 Å². The molecule has 2 N–H and O–H groups in total. The largest absolute Gasteiger partial charge is 0.506 e. The Labute approximate surface area is 170 Å². The monoisotopic (exact) mass is 542 g/mol. The molecule has 0 aliphatic heterocycles. The minimum atomic E-state index is -0.480. The van der Waals surface area contributed by atoms with E-state index in [1.807, 2.05) is 22.6 Å². The highest BCUT2D eigenvalue weighted by Crippen LogP contribution is 2.28. The fraction of sp³-hybridized carbons (Fsp3) is 0.0667. The van der Waals surface area contributed by atoms with E-state index in [-0.39, 0.29) is 12.4 Å². The summed E-state index contributed by atoms with van der Waals surface area (Å²) in [5.74, 6) is -0.0901. The zero-order valence-electron chi connectivity index (χ0n) is 11.9. The summed E-state index contributed by atoms with van der Waals surface area (Å²) in [5.41, 5.74) is 2.77. The van der Waals surface area contributed by atoms with Crippen molar-refractivity contribution in [3.05, 3.63) is 54.0 Å². The van der Waals surface area contributed by atoms with Crippen LogP contribution in [0.3, 0.4) is 0 Å². The molecular formula is C15H10BrCl2IN2O3. The summed E-state index contributed by atoms with van der Waals surface area (Å²) in [6, 6.07) is 8.14. The Bertz CT molecular complexity index is 803. The molecule has 0 radical (unpaired) electrons. The molecule has 0 fully saturated rings. The maximum atomic E-state index is 11.7. The van der Waals surface area contributed by atoms with E-state index < -0.39 is 5.91 Å². The van der Waals surface area contributed by atoms with Gasteiger partial charge in [0.05, 0.1) is 14.8 Å². The molecule has 0 unspecified atom stereocenters. The predicted octanol–water partition coefficient (Wildman–Crippen LogP) is 4.60. The first kappa shape index (κ1) is 19.3. The molecule has 2 aromatic rings. The van der Waals surface area contributed by atoms with Gasteiger partial charge in [0.1, 0.15) is 11.5 Å². The molecule has 5 nitrogen and oxygen atoms in total. The molecule has 2 aromatic carbocycles. The normalized spacial score (nSPS) is 10.8. The number of aromatic hydroxyl groups is 1. The standard InChI is InChI=1S/C15H10BrCl2IN2O3/c16-9-3-8(15(23)12(19)4-9)6-20-21-14(22)7-24-13-5-10(17)1-2-11(13)18/h1-6,23H,7H2,(H,21,22). The second kappa shape index (κ2) is 8.89. The molecule has 1 amide bonds. The van der Waals surface area contributed by atoms with E-state index >= 15 is 0 Å². The third-order valence-corrected chi connectivity index (χ3v) is 4.53. The highest BCUT2D eigenvalue weighted by atomic mass is 127. The number of hydrogen-bond acceptors (Lipinski definition) is 4. The molecule has 0 bridgehead atoms. The zero-order valence-corrected chi connectivity index (χ0v) is 17.1. The van der Waals surface area contributed by atoms with Crippen molar-refractivity contribution in [2.45, 2.75) is 0 Å². The SMILES string of the molecule is O=C(COc1cc(Cl)ccc1Cl)NN=Cc1cc(Br)cc(I)c1O. The van der Waals surface area contributed by atoms with Crippen molar-refractivity contribution >= 4 is 73.8 Å². The number of ether oxygens (including phenoxy) is 1. The van der Waals surface area contributed by atoms with Gasteiger partial charge < -0.3 is 9.84 Å². The van der Waals surface area contributed by atoms with Gasteiger partial charge in [-0.2, -0.15) is 5.10 Å².